The van der Waals surface area contributed by atoms with E-state index in [1.807, 2.05) is 0 Å². The van der Waals surface area contributed by atoms with E-state index in [0.717, 1.165) is 17.8 Å². The second-order valence-electron chi connectivity index (χ2n) is 7.67. The summed E-state index contributed by atoms with van der Waals surface area (Å²) in [5.74, 6) is 2.75. The summed E-state index contributed by atoms with van der Waals surface area (Å²) in [4.78, 5) is 0. The molecule has 0 radical (unpaired) electrons. The molecular formula is C20H42N2. The molecule has 1 fully saturated rings. The molecule has 2 nitrogen and oxygen atoms in total. The molecule has 1 rings (SSSR count). The van der Waals surface area contributed by atoms with Crippen molar-refractivity contribution in [1.29, 1.82) is 0 Å². The largest absolute Gasteiger partial charge is 0.317 e. The lowest BCUT2D eigenvalue weighted by atomic mass is 9.84. The molecule has 1 saturated heterocycles. The Bertz CT molecular complexity index is 242. The Morgan fingerprint density at radius 1 is 0.682 bits per heavy atom. The number of hydrogen-bond acceptors (Lipinski definition) is 2. The van der Waals surface area contributed by atoms with Crippen LogP contribution >= 0.6 is 0 Å². The number of nitrogens with one attached hydrogen (secondary N) is 2. The van der Waals surface area contributed by atoms with Gasteiger partial charge in [0.2, 0.25) is 0 Å². The third-order valence-corrected chi connectivity index (χ3v) is 5.63. The van der Waals surface area contributed by atoms with E-state index in [1.165, 1.54) is 90.4 Å². The molecule has 1 aliphatic rings. The van der Waals surface area contributed by atoms with E-state index in [2.05, 4.69) is 31.4 Å². The van der Waals surface area contributed by atoms with Crippen molar-refractivity contribution in [1.82, 2.24) is 10.6 Å². The van der Waals surface area contributed by atoms with Crippen molar-refractivity contribution in [3.8, 4) is 0 Å². The Morgan fingerprint density at radius 2 is 1.27 bits per heavy atom. The number of rotatable bonds is 1. The van der Waals surface area contributed by atoms with Crippen LogP contribution in [0.2, 0.25) is 0 Å². The van der Waals surface area contributed by atoms with Gasteiger partial charge in [-0.15, -0.1) is 0 Å². The van der Waals surface area contributed by atoms with Crippen LogP contribution in [-0.2, 0) is 0 Å². The van der Waals surface area contributed by atoms with Crippen LogP contribution < -0.4 is 10.6 Å². The van der Waals surface area contributed by atoms with Crippen LogP contribution in [-0.4, -0.2) is 26.2 Å². The highest BCUT2D eigenvalue weighted by Crippen LogP contribution is 2.25. The molecule has 0 aromatic heterocycles. The van der Waals surface area contributed by atoms with E-state index in [9.17, 15) is 0 Å². The molecule has 0 amide bonds. The van der Waals surface area contributed by atoms with Gasteiger partial charge in [-0.2, -0.15) is 0 Å². The van der Waals surface area contributed by atoms with Crippen molar-refractivity contribution >= 4 is 0 Å². The van der Waals surface area contributed by atoms with Crippen molar-refractivity contribution in [3.63, 3.8) is 0 Å². The van der Waals surface area contributed by atoms with Crippen molar-refractivity contribution in [3.05, 3.63) is 0 Å². The predicted octanol–water partition coefficient (Wildman–Crippen LogP) is 4.99. The van der Waals surface area contributed by atoms with Gasteiger partial charge in [-0.3, -0.25) is 0 Å². The topological polar surface area (TPSA) is 24.1 Å². The summed E-state index contributed by atoms with van der Waals surface area (Å²) in [5.41, 5.74) is 0. The predicted molar refractivity (Wildman–Crippen MR) is 99.4 cm³/mol. The van der Waals surface area contributed by atoms with Crippen LogP contribution in [0.15, 0.2) is 0 Å². The fraction of sp³-hybridized carbons (Fsp3) is 1.00. The summed E-state index contributed by atoms with van der Waals surface area (Å²) >= 11 is 0. The first-order valence-electron chi connectivity index (χ1n) is 10.2. The van der Waals surface area contributed by atoms with Crippen molar-refractivity contribution in [2.45, 2.75) is 85.0 Å². The Kier molecular flexibility index (Phi) is 12.1. The molecule has 0 bridgehead atoms. The summed E-state index contributed by atoms with van der Waals surface area (Å²) in [6, 6.07) is 0. The van der Waals surface area contributed by atoms with Crippen LogP contribution in [0.5, 0.6) is 0 Å². The highest BCUT2D eigenvalue weighted by Gasteiger charge is 2.15. The van der Waals surface area contributed by atoms with Crippen LogP contribution in [0, 0.1) is 17.8 Å². The summed E-state index contributed by atoms with van der Waals surface area (Å²) in [5, 5.41) is 7.26. The normalized spacial score (nSPS) is 32.0. The molecule has 3 atom stereocenters. The maximum Gasteiger partial charge on any atom is -0.00462 e. The van der Waals surface area contributed by atoms with E-state index in [-0.39, 0.29) is 0 Å². The average molecular weight is 311 g/mol. The van der Waals surface area contributed by atoms with Gasteiger partial charge in [-0.25, -0.2) is 0 Å². The standard InChI is InChI=1S/C20H42N2/c1-4-20-13-17-22-15-8-7-14-21-16-9-11-18(2)10-5-6-12-19(20)3/h18-22H,4-17H2,1-3H3. The third-order valence-electron chi connectivity index (χ3n) is 5.63. The average Bonchev–Trinajstić information content (AvgIpc) is 2.51. The molecule has 2 N–H and O–H groups in total. The second-order valence-corrected chi connectivity index (χ2v) is 7.67. The lowest BCUT2D eigenvalue weighted by molar-refractivity contribution is 0.293. The zero-order valence-electron chi connectivity index (χ0n) is 15.6. The summed E-state index contributed by atoms with van der Waals surface area (Å²) in [6.07, 6.45) is 13.9. The molecule has 2 heteroatoms. The fourth-order valence-corrected chi connectivity index (χ4v) is 3.84. The summed E-state index contributed by atoms with van der Waals surface area (Å²) in [7, 11) is 0. The minimum absolute atomic E-state index is 0.908. The van der Waals surface area contributed by atoms with Gasteiger partial charge in [-0.1, -0.05) is 52.9 Å². The molecule has 0 aromatic rings. The quantitative estimate of drug-likeness (QED) is 0.713. The highest BCUT2D eigenvalue weighted by molar-refractivity contribution is 4.68. The Hall–Kier alpha value is -0.0800. The monoisotopic (exact) mass is 310 g/mol. The van der Waals surface area contributed by atoms with Gasteiger partial charge in [0.15, 0.2) is 0 Å². The Morgan fingerprint density at radius 3 is 2.00 bits per heavy atom. The van der Waals surface area contributed by atoms with E-state index in [0.29, 0.717) is 0 Å². The highest BCUT2D eigenvalue weighted by atomic mass is 14.9. The Balaban J connectivity index is 2.32. The first-order valence-corrected chi connectivity index (χ1v) is 10.2. The molecule has 22 heavy (non-hydrogen) atoms. The van der Waals surface area contributed by atoms with E-state index in [1.54, 1.807) is 0 Å². The maximum absolute atomic E-state index is 3.65. The lowest BCUT2D eigenvalue weighted by Crippen LogP contribution is -2.23. The van der Waals surface area contributed by atoms with Crippen LogP contribution in [0.25, 0.3) is 0 Å². The molecular weight excluding hydrogens is 268 g/mol. The first kappa shape index (κ1) is 20.0. The van der Waals surface area contributed by atoms with Crippen molar-refractivity contribution in [2.75, 3.05) is 26.2 Å². The van der Waals surface area contributed by atoms with Gasteiger partial charge in [0.05, 0.1) is 0 Å². The van der Waals surface area contributed by atoms with Gasteiger partial charge < -0.3 is 10.6 Å². The molecule has 1 heterocycles. The zero-order valence-corrected chi connectivity index (χ0v) is 15.6. The van der Waals surface area contributed by atoms with Gasteiger partial charge in [-0.05, 0) is 76.0 Å². The molecule has 0 aliphatic carbocycles. The zero-order chi connectivity index (χ0) is 16.0. The molecule has 0 spiro atoms. The maximum atomic E-state index is 3.65. The van der Waals surface area contributed by atoms with Crippen LogP contribution in [0.4, 0.5) is 0 Å². The number of hydrogen-bond donors (Lipinski definition) is 2. The van der Waals surface area contributed by atoms with Crippen LogP contribution in [0.3, 0.4) is 0 Å². The minimum atomic E-state index is 0.908. The minimum Gasteiger partial charge on any atom is -0.317 e. The summed E-state index contributed by atoms with van der Waals surface area (Å²) in [6.45, 7) is 12.1. The molecule has 132 valence electrons. The van der Waals surface area contributed by atoms with Crippen molar-refractivity contribution < 1.29 is 0 Å². The van der Waals surface area contributed by atoms with Crippen molar-refractivity contribution in [2.24, 2.45) is 17.8 Å². The smallest absolute Gasteiger partial charge is 0.00462 e. The lowest BCUT2D eigenvalue weighted by Gasteiger charge is -2.23. The van der Waals surface area contributed by atoms with Gasteiger partial charge in [0.25, 0.3) is 0 Å². The first-order chi connectivity index (χ1) is 10.7. The summed E-state index contributed by atoms with van der Waals surface area (Å²) < 4.78 is 0. The second kappa shape index (κ2) is 13.4. The SMILES string of the molecule is CCC1CCNCCCCNCCCC(C)CCCCC1C. The van der Waals surface area contributed by atoms with E-state index >= 15 is 0 Å². The van der Waals surface area contributed by atoms with Crippen LogP contribution in [0.1, 0.15) is 85.0 Å². The molecule has 1 aliphatic heterocycles. The Labute approximate surface area is 140 Å². The van der Waals surface area contributed by atoms with E-state index < -0.39 is 0 Å². The molecule has 0 saturated carbocycles. The molecule has 0 aromatic carbocycles. The molecule has 3 unspecified atom stereocenters. The van der Waals surface area contributed by atoms with E-state index in [4.69, 9.17) is 0 Å². The fourth-order valence-electron chi connectivity index (χ4n) is 3.84. The van der Waals surface area contributed by atoms with Gasteiger partial charge >= 0.3 is 0 Å². The van der Waals surface area contributed by atoms with Gasteiger partial charge in [0, 0.05) is 0 Å². The third kappa shape index (κ3) is 9.84. The van der Waals surface area contributed by atoms with Gasteiger partial charge in [0.1, 0.15) is 0 Å².